The second-order valence-corrected chi connectivity index (χ2v) is 5.78. The Morgan fingerprint density at radius 2 is 2.04 bits per heavy atom. The van der Waals surface area contributed by atoms with E-state index in [0.29, 0.717) is 18.6 Å². The Labute approximate surface area is 149 Å². The van der Waals surface area contributed by atoms with Gasteiger partial charge in [0.25, 0.3) is 0 Å². The van der Waals surface area contributed by atoms with Crippen LogP contribution in [0.15, 0.2) is 35.6 Å². The van der Waals surface area contributed by atoms with Crippen molar-refractivity contribution in [1.82, 2.24) is 20.4 Å². The third-order valence-electron chi connectivity index (χ3n) is 3.74. The van der Waals surface area contributed by atoms with Crippen molar-refractivity contribution in [3.8, 4) is 0 Å². The van der Waals surface area contributed by atoms with Gasteiger partial charge < -0.3 is 10.6 Å². The van der Waals surface area contributed by atoms with Crippen molar-refractivity contribution >= 4 is 5.96 Å². The highest BCUT2D eigenvalue weighted by Gasteiger charge is 2.33. The molecule has 2 N–H and O–H groups in total. The zero-order chi connectivity index (χ0) is 19.2. The Bertz CT molecular complexity index is 752. The average molecular weight is 371 g/mol. The Balaban J connectivity index is 1.85. The number of benzene rings is 1. The molecule has 2 rings (SSSR count). The molecule has 0 saturated heterocycles. The van der Waals surface area contributed by atoms with Gasteiger partial charge in [-0.15, -0.1) is 0 Å². The maximum atomic E-state index is 13.1. The smallest absolute Gasteiger partial charge is 0.356 e. The molecule has 26 heavy (non-hydrogen) atoms. The number of halogens is 4. The fourth-order valence-corrected chi connectivity index (χ4v) is 2.47. The van der Waals surface area contributed by atoms with Gasteiger partial charge >= 0.3 is 6.18 Å². The second kappa shape index (κ2) is 8.68. The molecule has 0 unspecified atom stereocenters. The van der Waals surface area contributed by atoms with E-state index in [1.54, 1.807) is 10.9 Å². The van der Waals surface area contributed by atoms with E-state index >= 15 is 0 Å². The number of nitrogens with zero attached hydrogens (tertiary/aromatic N) is 3. The van der Waals surface area contributed by atoms with Crippen LogP contribution in [-0.4, -0.2) is 29.3 Å². The van der Waals surface area contributed by atoms with Crippen molar-refractivity contribution in [3.63, 3.8) is 0 Å². The SMILES string of the molecule is CN=C(NCCCc1cnn(C)c1)NCc1ccc(F)cc1C(F)(F)F. The fraction of sp³-hybridized carbons (Fsp3) is 0.412. The van der Waals surface area contributed by atoms with E-state index in [1.807, 2.05) is 13.2 Å². The summed E-state index contributed by atoms with van der Waals surface area (Å²) in [5.41, 5.74) is 0.0765. The molecule has 9 heteroatoms. The van der Waals surface area contributed by atoms with Crippen LogP contribution >= 0.6 is 0 Å². The quantitative estimate of drug-likeness (QED) is 0.355. The van der Waals surface area contributed by atoms with E-state index in [0.717, 1.165) is 30.5 Å². The summed E-state index contributed by atoms with van der Waals surface area (Å²) in [5, 5.41) is 9.95. The van der Waals surface area contributed by atoms with Crippen LogP contribution in [0.25, 0.3) is 0 Å². The van der Waals surface area contributed by atoms with Crippen LogP contribution in [0.3, 0.4) is 0 Å². The van der Waals surface area contributed by atoms with Gasteiger partial charge in [0.15, 0.2) is 5.96 Å². The van der Waals surface area contributed by atoms with E-state index in [2.05, 4.69) is 20.7 Å². The summed E-state index contributed by atoms with van der Waals surface area (Å²) >= 11 is 0. The number of hydrogen-bond donors (Lipinski definition) is 2. The molecule has 1 aromatic carbocycles. The van der Waals surface area contributed by atoms with Crippen molar-refractivity contribution in [2.45, 2.75) is 25.6 Å². The molecule has 142 valence electrons. The van der Waals surface area contributed by atoms with Gasteiger partial charge in [0.2, 0.25) is 0 Å². The number of aryl methyl sites for hydroxylation is 2. The third kappa shape index (κ3) is 5.75. The zero-order valence-electron chi connectivity index (χ0n) is 14.6. The molecule has 1 heterocycles. The largest absolute Gasteiger partial charge is 0.416 e. The summed E-state index contributed by atoms with van der Waals surface area (Å²) in [6, 6.07) is 2.64. The van der Waals surface area contributed by atoms with Crippen molar-refractivity contribution in [1.29, 1.82) is 0 Å². The van der Waals surface area contributed by atoms with Crippen LogP contribution in [0.2, 0.25) is 0 Å². The number of guanidine groups is 1. The molecule has 0 radical (unpaired) electrons. The minimum Gasteiger partial charge on any atom is -0.356 e. The predicted octanol–water partition coefficient (Wildman–Crippen LogP) is 2.88. The predicted molar refractivity (Wildman–Crippen MR) is 91.1 cm³/mol. The van der Waals surface area contributed by atoms with E-state index in [-0.39, 0.29) is 12.1 Å². The lowest BCUT2D eigenvalue weighted by molar-refractivity contribution is -0.138. The number of alkyl halides is 3. The Morgan fingerprint density at radius 1 is 1.27 bits per heavy atom. The van der Waals surface area contributed by atoms with E-state index < -0.39 is 17.6 Å². The number of aromatic nitrogens is 2. The summed E-state index contributed by atoms with van der Waals surface area (Å²) in [6.45, 7) is 0.488. The van der Waals surface area contributed by atoms with E-state index in [1.165, 1.54) is 7.05 Å². The Kier molecular flexibility index (Phi) is 6.59. The highest BCUT2D eigenvalue weighted by molar-refractivity contribution is 5.79. The van der Waals surface area contributed by atoms with Gasteiger partial charge in [0, 0.05) is 33.4 Å². The van der Waals surface area contributed by atoms with Gasteiger partial charge in [-0.2, -0.15) is 18.3 Å². The summed E-state index contributed by atoms with van der Waals surface area (Å²) in [5.74, 6) is -0.535. The molecule has 0 saturated carbocycles. The molecule has 0 spiro atoms. The minimum atomic E-state index is -4.61. The van der Waals surface area contributed by atoms with Crippen LogP contribution in [0, 0.1) is 5.82 Å². The van der Waals surface area contributed by atoms with Crippen LogP contribution in [0.1, 0.15) is 23.1 Å². The van der Waals surface area contributed by atoms with Gasteiger partial charge in [0.1, 0.15) is 5.82 Å². The summed E-state index contributed by atoms with van der Waals surface area (Å²) < 4.78 is 53.9. The first-order valence-electron chi connectivity index (χ1n) is 8.07. The molecular formula is C17H21F4N5. The molecule has 2 aromatic rings. The van der Waals surface area contributed by atoms with Crippen molar-refractivity contribution in [2.24, 2.45) is 12.0 Å². The lowest BCUT2D eigenvalue weighted by Gasteiger charge is -2.16. The van der Waals surface area contributed by atoms with E-state index in [4.69, 9.17) is 0 Å². The van der Waals surface area contributed by atoms with Crippen LogP contribution < -0.4 is 10.6 Å². The monoisotopic (exact) mass is 371 g/mol. The molecule has 0 aliphatic carbocycles. The van der Waals surface area contributed by atoms with Crippen LogP contribution in [-0.2, 0) is 26.2 Å². The highest BCUT2D eigenvalue weighted by atomic mass is 19.4. The van der Waals surface area contributed by atoms with Gasteiger partial charge in [-0.3, -0.25) is 9.67 Å². The molecule has 0 amide bonds. The first-order valence-corrected chi connectivity index (χ1v) is 8.07. The van der Waals surface area contributed by atoms with Gasteiger partial charge in [-0.25, -0.2) is 4.39 Å². The highest BCUT2D eigenvalue weighted by Crippen LogP contribution is 2.32. The van der Waals surface area contributed by atoms with Crippen molar-refractivity contribution in [3.05, 3.63) is 53.1 Å². The average Bonchev–Trinajstić information content (AvgIpc) is 2.99. The molecular weight excluding hydrogens is 350 g/mol. The third-order valence-corrected chi connectivity index (χ3v) is 3.74. The molecule has 0 aliphatic heterocycles. The lowest BCUT2D eigenvalue weighted by Crippen LogP contribution is -2.37. The second-order valence-electron chi connectivity index (χ2n) is 5.78. The normalized spacial score (nSPS) is 12.3. The maximum absolute atomic E-state index is 13.1. The Morgan fingerprint density at radius 3 is 2.65 bits per heavy atom. The number of hydrogen-bond acceptors (Lipinski definition) is 2. The molecule has 5 nitrogen and oxygen atoms in total. The van der Waals surface area contributed by atoms with Crippen molar-refractivity contribution in [2.75, 3.05) is 13.6 Å². The van der Waals surface area contributed by atoms with Crippen LogP contribution in [0.4, 0.5) is 17.6 Å². The first-order chi connectivity index (χ1) is 12.3. The van der Waals surface area contributed by atoms with Crippen LogP contribution in [0.5, 0.6) is 0 Å². The summed E-state index contributed by atoms with van der Waals surface area (Å²) in [4.78, 5) is 3.98. The Hall–Kier alpha value is -2.58. The maximum Gasteiger partial charge on any atom is 0.416 e. The number of aliphatic imine (C=N–C) groups is 1. The molecule has 0 fully saturated rings. The standard InChI is InChI=1S/C17H21F4N5/c1-22-16(23-7-3-4-12-9-25-26(2)11-12)24-10-13-5-6-14(18)8-15(13)17(19,20)21/h5-6,8-9,11H,3-4,7,10H2,1-2H3,(H2,22,23,24). The first kappa shape index (κ1) is 19.7. The zero-order valence-corrected chi connectivity index (χ0v) is 14.6. The molecule has 1 aromatic heterocycles. The molecule has 0 atom stereocenters. The molecule has 0 bridgehead atoms. The fourth-order valence-electron chi connectivity index (χ4n) is 2.47. The summed E-state index contributed by atoms with van der Waals surface area (Å²) in [6.07, 6.45) is 0.755. The molecule has 0 aliphatic rings. The van der Waals surface area contributed by atoms with Gasteiger partial charge in [-0.1, -0.05) is 6.07 Å². The summed E-state index contributed by atoms with van der Waals surface area (Å²) in [7, 11) is 3.38. The minimum absolute atomic E-state index is 0.0443. The lowest BCUT2D eigenvalue weighted by atomic mass is 10.1. The number of rotatable bonds is 6. The van der Waals surface area contributed by atoms with Gasteiger partial charge in [0.05, 0.1) is 11.8 Å². The number of nitrogens with one attached hydrogen (secondary N) is 2. The van der Waals surface area contributed by atoms with Crippen molar-refractivity contribution < 1.29 is 17.6 Å². The van der Waals surface area contributed by atoms with Gasteiger partial charge in [-0.05, 0) is 36.1 Å². The van der Waals surface area contributed by atoms with E-state index in [9.17, 15) is 17.6 Å². The topological polar surface area (TPSA) is 54.2 Å².